The number of hydrogen-bond donors (Lipinski definition) is 0. The summed E-state index contributed by atoms with van der Waals surface area (Å²) in [5.41, 5.74) is 2.71. The van der Waals surface area contributed by atoms with Crippen LogP contribution in [0.4, 0.5) is 17.6 Å². The van der Waals surface area contributed by atoms with Crippen LogP contribution in [0, 0.1) is 5.82 Å². The maximum absolute atomic E-state index is 15.2. The first kappa shape index (κ1) is 27.6. The molecule has 0 aliphatic rings. The van der Waals surface area contributed by atoms with Crippen LogP contribution in [0.2, 0.25) is 0 Å². The zero-order chi connectivity index (χ0) is 27.0. The minimum absolute atomic E-state index is 0.270. The molecule has 200 valence electrons. The molecule has 0 aliphatic carbocycles. The number of unbranched alkanes of at least 4 members (excludes halogenated alkanes) is 3. The lowest BCUT2D eigenvalue weighted by molar-refractivity contribution is -0.137. The van der Waals surface area contributed by atoms with Crippen molar-refractivity contribution in [3.8, 4) is 5.75 Å². The van der Waals surface area contributed by atoms with Gasteiger partial charge in [0.1, 0.15) is 11.6 Å². The van der Waals surface area contributed by atoms with Crippen LogP contribution in [0.25, 0.3) is 10.8 Å². The number of rotatable bonds is 12. The fraction of sp³-hybridized carbons (Fsp3) is 0.344. The molecule has 0 aliphatic heterocycles. The van der Waals surface area contributed by atoms with E-state index in [-0.39, 0.29) is 5.82 Å². The monoisotopic (exact) mass is 523 g/mol. The molecule has 0 N–H and O–H groups in total. The number of aryl methyl sites for hydroxylation is 4. The van der Waals surface area contributed by atoms with Crippen molar-refractivity contribution in [2.45, 2.75) is 64.5 Å². The number of fused-ring (bicyclic) bond motifs is 1. The van der Waals surface area contributed by atoms with E-state index >= 15 is 4.39 Å². The van der Waals surface area contributed by atoms with E-state index in [9.17, 15) is 13.2 Å². The maximum atomic E-state index is 15.2. The molecule has 2 nitrogen and oxygen atoms in total. The number of aromatic nitrogens is 1. The Morgan fingerprint density at radius 2 is 1.53 bits per heavy atom. The van der Waals surface area contributed by atoms with Gasteiger partial charge in [0.15, 0.2) is 0 Å². The number of benzene rings is 3. The molecule has 0 atom stereocenters. The van der Waals surface area contributed by atoms with Crippen LogP contribution in [0.3, 0.4) is 0 Å². The molecule has 0 radical (unpaired) electrons. The summed E-state index contributed by atoms with van der Waals surface area (Å²) >= 11 is 0. The van der Waals surface area contributed by atoms with Gasteiger partial charge in [-0.1, -0.05) is 68.7 Å². The first-order valence-corrected chi connectivity index (χ1v) is 13.3. The van der Waals surface area contributed by atoms with Crippen molar-refractivity contribution in [1.29, 1.82) is 0 Å². The average Bonchev–Trinajstić information content (AvgIpc) is 2.92. The van der Waals surface area contributed by atoms with Gasteiger partial charge in [-0.2, -0.15) is 13.2 Å². The third kappa shape index (κ3) is 7.56. The number of pyridine rings is 1. The molecule has 0 fully saturated rings. The van der Waals surface area contributed by atoms with E-state index in [2.05, 4.69) is 11.9 Å². The van der Waals surface area contributed by atoms with E-state index in [0.29, 0.717) is 30.4 Å². The SMILES string of the molecule is CCCCCCOc1ccc(CCc2ccc3c(F)c(CCc4ccc(C(F)(F)F)cc4)ccc3c2)nc1. The van der Waals surface area contributed by atoms with Crippen LogP contribution in [-0.4, -0.2) is 11.6 Å². The highest BCUT2D eigenvalue weighted by Crippen LogP contribution is 2.29. The summed E-state index contributed by atoms with van der Waals surface area (Å²) in [4.78, 5) is 4.52. The predicted octanol–water partition coefficient (Wildman–Crippen LogP) is 8.92. The van der Waals surface area contributed by atoms with Crippen LogP contribution >= 0.6 is 0 Å². The summed E-state index contributed by atoms with van der Waals surface area (Å²) in [6.45, 7) is 2.90. The Hall–Kier alpha value is -3.41. The maximum Gasteiger partial charge on any atom is 0.416 e. The molecule has 4 rings (SSSR count). The van der Waals surface area contributed by atoms with Gasteiger partial charge in [-0.05, 0) is 78.4 Å². The largest absolute Gasteiger partial charge is 0.492 e. The topological polar surface area (TPSA) is 22.1 Å². The average molecular weight is 524 g/mol. The second-order valence-electron chi connectivity index (χ2n) is 9.68. The molecule has 0 bridgehead atoms. The highest BCUT2D eigenvalue weighted by atomic mass is 19.4. The molecule has 38 heavy (non-hydrogen) atoms. The summed E-state index contributed by atoms with van der Waals surface area (Å²) < 4.78 is 59.2. The van der Waals surface area contributed by atoms with E-state index in [0.717, 1.165) is 59.4 Å². The van der Waals surface area contributed by atoms with Crippen molar-refractivity contribution in [2.24, 2.45) is 0 Å². The third-order valence-electron chi connectivity index (χ3n) is 6.80. The normalized spacial score (nSPS) is 11.7. The van der Waals surface area contributed by atoms with E-state index in [1.165, 1.54) is 31.4 Å². The van der Waals surface area contributed by atoms with Gasteiger partial charge in [0.2, 0.25) is 0 Å². The van der Waals surface area contributed by atoms with Gasteiger partial charge in [0.05, 0.1) is 18.4 Å². The molecule has 0 saturated carbocycles. The van der Waals surface area contributed by atoms with Crippen molar-refractivity contribution < 1.29 is 22.3 Å². The Morgan fingerprint density at radius 3 is 2.24 bits per heavy atom. The molecule has 0 amide bonds. The lowest BCUT2D eigenvalue weighted by Gasteiger charge is -2.10. The molecular formula is C32H33F4NO. The first-order valence-electron chi connectivity index (χ1n) is 13.3. The molecule has 3 aromatic carbocycles. The van der Waals surface area contributed by atoms with Gasteiger partial charge in [0.25, 0.3) is 0 Å². The molecule has 0 spiro atoms. The molecular weight excluding hydrogens is 490 g/mol. The van der Waals surface area contributed by atoms with Crippen LogP contribution < -0.4 is 4.74 Å². The number of alkyl halides is 3. The van der Waals surface area contributed by atoms with Crippen LogP contribution in [0.5, 0.6) is 5.75 Å². The molecule has 1 heterocycles. The minimum Gasteiger partial charge on any atom is -0.492 e. The van der Waals surface area contributed by atoms with Crippen LogP contribution in [0.1, 0.15) is 60.6 Å². The molecule has 0 unspecified atom stereocenters. The Morgan fingerprint density at radius 1 is 0.763 bits per heavy atom. The minimum atomic E-state index is -4.36. The second kappa shape index (κ2) is 12.9. The zero-order valence-corrected chi connectivity index (χ0v) is 21.7. The lowest BCUT2D eigenvalue weighted by atomic mass is 9.97. The number of nitrogens with zero attached hydrogens (tertiary/aromatic N) is 1. The molecule has 4 aromatic rings. The number of halogens is 4. The van der Waals surface area contributed by atoms with E-state index < -0.39 is 11.7 Å². The highest BCUT2D eigenvalue weighted by molar-refractivity contribution is 5.84. The number of hydrogen-bond acceptors (Lipinski definition) is 2. The van der Waals surface area contributed by atoms with Crippen LogP contribution in [-0.2, 0) is 31.9 Å². The summed E-state index contributed by atoms with van der Waals surface area (Å²) in [6, 6.07) is 18.4. The quantitative estimate of drug-likeness (QED) is 0.137. The smallest absolute Gasteiger partial charge is 0.416 e. The molecule has 0 saturated heterocycles. The summed E-state index contributed by atoms with van der Waals surface area (Å²) in [5, 5.41) is 1.38. The van der Waals surface area contributed by atoms with Gasteiger partial charge < -0.3 is 4.74 Å². The van der Waals surface area contributed by atoms with Gasteiger partial charge in [-0.3, -0.25) is 4.98 Å². The van der Waals surface area contributed by atoms with Gasteiger partial charge >= 0.3 is 6.18 Å². The summed E-state index contributed by atoms with van der Waals surface area (Å²) in [6.07, 6.45) is 4.54. The highest BCUT2D eigenvalue weighted by Gasteiger charge is 2.29. The Labute approximate surface area is 221 Å². The first-order chi connectivity index (χ1) is 18.3. The van der Waals surface area contributed by atoms with Crippen molar-refractivity contribution >= 4 is 10.8 Å². The fourth-order valence-corrected chi connectivity index (χ4v) is 4.51. The van der Waals surface area contributed by atoms with E-state index in [4.69, 9.17) is 4.74 Å². The predicted molar refractivity (Wildman–Crippen MR) is 144 cm³/mol. The standard InChI is InChI=1S/C32H33F4NO/c1-2-3-4-5-20-38-29-18-17-28(37-22-29)16-9-24-10-19-30-26(21-24)13-12-25(31(30)33)11-6-23-7-14-27(15-8-23)32(34,35)36/h7-8,10,12-15,17-19,21-22H,2-6,9,11,16,20H2,1H3. The zero-order valence-electron chi connectivity index (χ0n) is 21.7. The van der Waals surface area contributed by atoms with E-state index in [1.807, 2.05) is 36.4 Å². The molecule has 6 heteroatoms. The second-order valence-corrected chi connectivity index (χ2v) is 9.68. The Balaban J connectivity index is 1.32. The van der Waals surface area contributed by atoms with Gasteiger partial charge in [-0.15, -0.1) is 0 Å². The lowest BCUT2D eigenvalue weighted by Crippen LogP contribution is -2.04. The van der Waals surface area contributed by atoms with E-state index in [1.54, 1.807) is 12.3 Å². The van der Waals surface area contributed by atoms with Crippen molar-refractivity contribution in [2.75, 3.05) is 6.61 Å². The molecule has 1 aromatic heterocycles. The Kier molecular flexibility index (Phi) is 9.38. The van der Waals surface area contributed by atoms with Gasteiger partial charge in [-0.25, -0.2) is 4.39 Å². The van der Waals surface area contributed by atoms with Crippen molar-refractivity contribution in [3.05, 3.63) is 107 Å². The fourth-order valence-electron chi connectivity index (χ4n) is 4.51. The third-order valence-corrected chi connectivity index (χ3v) is 6.80. The number of ether oxygens (including phenoxy) is 1. The van der Waals surface area contributed by atoms with Crippen molar-refractivity contribution in [3.63, 3.8) is 0 Å². The summed E-state index contributed by atoms with van der Waals surface area (Å²) in [7, 11) is 0. The van der Waals surface area contributed by atoms with Crippen molar-refractivity contribution in [1.82, 2.24) is 4.98 Å². The van der Waals surface area contributed by atoms with Gasteiger partial charge in [0, 0.05) is 11.1 Å². The van der Waals surface area contributed by atoms with Crippen LogP contribution in [0.15, 0.2) is 72.9 Å². The Bertz CT molecular complexity index is 1310. The summed E-state index contributed by atoms with van der Waals surface area (Å²) in [5.74, 6) is 0.522.